The first-order valence-corrected chi connectivity index (χ1v) is 14.0. The van der Waals surface area contributed by atoms with Crippen LogP contribution in [0.4, 0.5) is 5.69 Å². The number of H-pyrrole nitrogens is 1. The predicted octanol–water partition coefficient (Wildman–Crippen LogP) is 0.533. The fourth-order valence-corrected chi connectivity index (χ4v) is 5.70. The Hall–Kier alpha value is -3.90. The number of rotatable bonds is 8. The minimum absolute atomic E-state index is 0.0534. The van der Waals surface area contributed by atoms with Gasteiger partial charge in [0.25, 0.3) is 5.91 Å². The lowest BCUT2D eigenvalue weighted by atomic mass is 10.0. The van der Waals surface area contributed by atoms with E-state index in [9.17, 15) is 22.8 Å². The van der Waals surface area contributed by atoms with Crippen LogP contribution in [-0.2, 0) is 26.0 Å². The summed E-state index contributed by atoms with van der Waals surface area (Å²) in [5.74, 6) is -1.76. The molecular formula is C26H32N6O5S. The molecule has 3 aromatic rings. The number of aromatic amines is 1. The third-order valence-electron chi connectivity index (χ3n) is 6.74. The normalized spacial score (nSPS) is 17.2. The second-order valence-corrected chi connectivity index (χ2v) is 11.5. The van der Waals surface area contributed by atoms with E-state index in [2.05, 4.69) is 10.3 Å². The monoisotopic (exact) mass is 540 g/mol. The summed E-state index contributed by atoms with van der Waals surface area (Å²) >= 11 is 0. The van der Waals surface area contributed by atoms with Gasteiger partial charge in [-0.15, -0.1) is 0 Å². The number of nitrogens with two attached hydrogens (primary N) is 1. The van der Waals surface area contributed by atoms with Crippen molar-refractivity contribution < 1.29 is 22.8 Å². The first-order valence-electron chi connectivity index (χ1n) is 12.1. The molecule has 4 rings (SSSR count). The molecule has 0 spiro atoms. The summed E-state index contributed by atoms with van der Waals surface area (Å²) in [4.78, 5) is 45.4. The fraction of sp³-hybridized carbons (Fsp3) is 0.346. The van der Waals surface area contributed by atoms with Crippen LogP contribution < -0.4 is 16.0 Å². The van der Waals surface area contributed by atoms with Crippen molar-refractivity contribution in [3.63, 3.8) is 0 Å². The van der Waals surface area contributed by atoms with Gasteiger partial charge in [-0.25, -0.2) is 8.42 Å². The van der Waals surface area contributed by atoms with Crippen molar-refractivity contribution in [2.24, 2.45) is 5.73 Å². The number of fused-ring (bicyclic) bond motifs is 1. The average Bonchev–Trinajstić information content (AvgIpc) is 3.29. The third-order valence-corrected chi connectivity index (χ3v) is 8.03. The molecule has 1 aliphatic heterocycles. The molecule has 12 heteroatoms. The maximum atomic E-state index is 13.4. The Labute approximate surface area is 221 Å². The number of amides is 3. The number of nitrogens with zero attached hydrogens (tertiary/aromatic N) is 3. The number of para-hydroxylation sites is 1. The highest BCUT2D eigenvalue weighted by Crippen LogP contribution is 2.21. The standard InChI is InChI=1S/C26H32N6O5S/c1-30(2)19-10-8-17(9-11-19)26(35)31-12-13-32(38(3,36)37)23(16-31)25(34)29-22(24(27)33)14-18-15-28-21-7-5-4-6-20(18)21/h4-11,15,22-23,28H,12-14,16H2,1-3H3,(H2,27,33)(H,29,34)/t22-,23+/m1/s1. The quantitative estimate of drug-likeness (QED) is 0.380. The molecule has 3 amide bonds. The topological polar surface area (TPSA) is 149 Å². The molecule has 0 aliphatic carbocycles. The van der Waals surface area contributed by atoms with E-state index in [1.807, 2.05) is 55.4 Å². The lowest BCUT2D eigenvalue weighted by Crippen LogP contribution is -2.63. The van der Waals surface area contributed by atoms with E-state index in [1.54, 1.807) is 18.3 Å². The van der Waals surface area contributed by atoms with Crippen molar-refractivity contribution in [3.05, 3.63) is 65.9 Å². The summed E-state index contributed by atoms with van der Waals surface area (Å²) in [6, 6.07) is 12.2. The van der Waals surface area contributed by atoms with Crippen LogP contribution in [0.2, 0.25) is 0 Å². The molecule has 2 aromatic carbocycles. The number of primary amides is 1. The van der Waals surface area contributed by atoms with Crippen LogP contribution in [0, 0.1) is 0 Å². The molecule has 0 radical (unpaired) electrons. The smallest absolute Gasteiger partial charge is 0.253 e. The minimum atomic E-state index is -3.78. The van der Waals surface area contributed by atoms with E-state index in [0.717, 1.165) is 32.7 Å². The van der Waals surface area contributed by atoms with Crippen molar-refractivity contribution in [1.82, 2.24) is 19.5 Å². The number of sulfonamides is 1. The van der Waals surface area contributed by atoms with Gasteiger partial charge in [0.1, 0.15) is 12.1 Å². The molecule has 0 unspecified atom stereocenters. The van der Waals surface area contributed by atoms with Gasteiger partial charge in [-0.3, -0.25) is 14.4 Å². The second kappa shape index (κ2) is 10.8. The Bertz CT molecular complexity index is 1450. The van der Waals surface area contributed by atoms with Gasteiger partial charge in [-0.05, 0) is 35.9 Å². The van der Waals surface area contributed by atoms with Crippen molar-refractivity contribution in [3.8, 4) is 0 Å². The molecule has 1 fully saturated rings. The zero-order valence-electron chi connectivity index (χ0n) is 21.5. The number of aromatic nitrogens is 1. The van der Waals surface area contributed by atoms with Crippen LogP contribution in [0.3, 0.4) is 0 Å². The molecule has 0 bridgehead atoms. The molecule has 2 atom stereocenters. The van der Waals surface area contributed by atoms with Crippen molar-refractivity contribution in [2.45, 2.75) is 18.5 Å². The van der Waals surface area contributed by atoms with Gasteiger partial charge < -0.3 is 25.8 Å². The summed E-state index contributed by atoms with van der Waals surface area (Å²) in [6.45, 7) is -0.0897. The summed E-state index contributed by atoms with van der Waals surface area (Å²) in [7, 11) is 0.00646. The van der Waals surface area contributed by atoms with E-state index in [4.69, 9.17) is 5.73 Å². The molecule has 11 nitrogen and oxygen atoms in total. The Balaban J connectivity index is 1.54. The lowest BCUT2D eigenvalue weighted by molar-refractivity contribution is -0.130. The van der Waals surface area contributed by atoms with E-state index in [-0.39, 0.29) is 32.0 Å². The van der Waals surface area contributed by atoms with Gasteiger partial charge in [-0.1, -0.05) is 18.2 Å². The first-order chi connectivity index (χ1) is 18.0. The van der Waals surface area contributed by atoms with Gasteiger partial charge in [0.05, 0.1) is 6.26 Å². The summed E-state index contributed by atoms with van der Waals surface area (Å²) in [6.07, 6.45) is 2.89. The van der Waals surface area contributed by atoms with Gasteiger partial charge in [0, 0.05) is 68.5 Å². The van der Waals surface area contributed by atoms with Crippen LogP contribution >= 0.6 is 0 Å². The highest BCUT2D eigenvalue weighted by molar-refractivity contribution is 7.88. The van der Waals surface area contributed by atoms with Gasteiger partial charge in [0.2, 0.25) is 21.8 Å². The SMILES string of the molecule is CN(C)c1ccc(C(=O)N2CCN(S(C)(=O)=O)[C@H](C(=O)N[C@H](Cc3c[nH]c4ccccc34)C(N)=O)C2)cc1. The number of carbonyl (C=O) groups excluding carboxylic acids is 3. The number of nitrogens with one attached hydrogen (secondary N) is 2. The van der Waals surface area contributed by atoms with Gasteiger partial charge in [-0.2, -0.15) is 4.31 Å². The van der Waals surface area contributed by atoms with Crippen molar-refractivity contribution >= 4 is 44.3 Å². The predicted molar refractivity (Wildman–Crippen MR) is 145 cm³/mol. The minimum Gasteiger partial charge on any atom is -0.378 e. The number of benzene rings is 2. The Kier molecular flexibility index (Phi) is 7.74. The van der Waals surface area contributed by atoms with Crippen LogP contribution in [0.1, 0.15) is 15.9 Å². The summed E-state index contributed by atoms with van der Waals surface area (Å²) in [5.41, 5.74) is 8.63. The molecular weight excluding hydrogens is 508 g/mol. The fourth-order valence-electron chi connectivity index (χ4n) is 4.66. The van der Waals surface area contributed by atoms with Crippen LogP contribution in [0.15, 0.2) is 54.7 Å². The largest absolute Gasteiger partial charge is 0.378 e. The average molecular weight is 541 g/mol. The highest BCUT2D eigenvalue weighted by Gasteiger charge is 2.40. The zero-order valence-corrected chi connectivity index (χ0v) is 22.4. The molecule has 4 N–H and O–H groups in total. The Morgan fingerprint density at radius 1 is 1.11 bits per heavy atom. The molecule has 1 aliphatic rings. The van der Waals surface area contributed by atoms with E-state index >= 15 is 0 Å². The number of carbonyl (C=O) groups is 3. The van der Waals surface area contributed by atoms with E-state index < -0.39 is 33.9 Å². The van der Waals surface area contributed by atoms with Crippen LogP contribution in [0.5, 0.6) is 0 Å². The molecule has 1 saturated heterocycles. The van der Waals surface area contributed by atoms with E-state index in [0.29, 0.717) is 5.56 Å². The van der Waals surface area contributed by atoms with Crippen molar-refractivity contribution in [2.75, 3.05) is 44.9 Å². The zero-order chi connectivity index (χ0) is 27.6. The maximum absolute atomic E-state index is 13.4. The molecule has 1 aromatic heterocycles. The highest BCUT2D eigenvalue weighted by atomic mass is 32.2. The molecule has 202 valence electrons. The molecule has 38 heavy (non-hydrogen) atoms. The maximum Gasteiger partial charge on any atom is 0.253 e. The Morgan fingerprint density at radius 2 is 1.79 bits per heavy atom. The Morgan fingerprint density at radius 3 is 2.42 bits per heavy atom. The summed E-state index contributed by atoms with van der Waals surface area (Å²) < 4.78 is 26.1. The first kappa shape index (κ1) is 27.1. The van der Waals surface area contributed by atoms with Crippen molar-refractivity contribution in [1.29, 1.82) is 0 Å². The summed E-state index contributed by atoms with van der Waals surface area (Å²) in [5, 5.41) is 3.52. The number of anilines is 1. The molecule has 2 heterocycles. The number of hydrogen-bond donors (Lipinski definition) is 3. The third kappa shape index (κ3) is 5.81. The lowest BCUT2D eigenvalue weighted by Gasteiger charge is -2.39. The van der Waals surface area contributed by atoms with Crippen LogP contribution in [-0.4, -0.2) is 92.4 Å². The van der Waals surface area contributed by atoms with Gasteiger partial charge >= 0.3 is 0 Å². The number of hydrogen-bond acceptors (Lipinski definition) is 6. The second-order valence-electron chi connectivity index (χ2n) is 9.61. The van der Waals surface area contributed by atoms with Crippen LogP contribution in [0.25, 0.3) is 10.9 Å². The van der Waals surface area contributed by atoms with Gasteiger partial charge in [0.15, 0.2) is 0 Å². The van der Waals surface area contributed by atoms with E-state index in [1.165, 1.54) is 4.90 Å². The molecule has 0 saturated carbocycles. The number of piperazine rings is 1.